The van der Waals surface area contributed by atoms with E-state index in [1.807, 2.05) is 24.3 Å². The van der Waals surface area contributed by atoms with Crippen LogP contribution < -0.4 is 10.5 Å². The molecule has 5 aromatic rings. The number of rotatable bonds is 4. The zero-order valence-corrected chi connectivity index (χ0v) is 25.7. The number of anilines is 1. The van der Waals surface area contributed by atoms with Gasteiger partial charge in [-0.3, -0.25) is 24.0 Å². The largest absolute Gasteiger partial charge is 0.309 e. The molecule has 1 aromatic heterocycles. The number of nitrogens with zero attached hydrogens (tertiary/aromatic N) is 2. The fourth-order valence-corrected chi connectivity index (χ4v) is 8.51. The number of carbonyl (C=O) groups excluding carboxylic acids is 4. The van der Waals surface area contributed by atoms with E-state index < -0.39 is 34.9 Å². The number of imide groups is 1. The van der Waals surface area contributed by atoms with Gasteiger partial charge in [0.25, 0.3) is 17.4 Å². The highest BCUT2D eigenvalue weighted by Crippen LogP contribution is 2.43. The van der Waals surface area contributed by atoms with Crippen LogP contribution in [0.3, 0.4) is 0 Å². The number of aromatic amines is 1. The van der Waals surface area contributed by atoms with E-state index in [-0.39, 0.29) is 28.1 Å². The van der Waals surface area contributed by atoms with Gasteiger partial charge in [0, 0.05) is 33.0 Å². The van der Waals surface area contributed by atoms with Gasteiger partial charge in [-0.2, -0.15) is 0 Å². The number of aromatic nitrogens is 2. The zero-order chi connectivity index (χ0) is 32.0. The van der Waals surface area contributed by atoms with Crippen molar-refractivity contribution in [3.63, 3.8) is 0 Å². The highest BCUT2D eigenvalue weighted by atomic mass is 16.2. The fourth-order valence-electron chi connectivity index (χ4n) is 8.51. The summed E-state index contributed by atoms with van der Waals surface area (Å²) in [4.78, 5) is 78.0. The molecule has 2 amide bonds. The maximum Gasteiger partial charge on any atom is 0.265 e. The van der Waals surface area contributed by atoms with Crippen LogP contribution in [-0.4, -0.2) is 33.3 Å². The SMILES string of the molecule is O=C1c2ccc3c4c(ccc(c24)C(=O)C1c1nc2ccc(C4CCCC4)cc2c(=O)[nH]1)C(=O)N(c1cccc(C2CCCC2)c1)C3=O. The van der Waals surface area contributed by atoms with E-state index in [1.54, 1.807) is 36.4 Å². The lowest BCUT2D eigenvalue weighted by Crippen LogP contribution is -2.41. The summed E-state index contributed by atoms with van der Waals surface area (Å²) in [6.07, 6.45) is 9.06. The molecule has 4 aromatic carbocycles. The molecule has 0 radical (unpaired) electrons. The fraction of sp³-hybridized carbons (Fsp3) is 0.282. The van der Waals surface area contributed by atoms with Crippen LogP contribution in [0, 0.1) is 0 Å². The molecule has 0 bridgehead atoms. The lowest BCUT2D eigenvalue weighted by molar-refractivity contribution is 0.0843. The van der Waals surface area contributed by atoms with Crippen molar-refractivity contribution in [2.45, 2.75) is 69.1 Å². The van der Waals surface area contributed by atoms with Crippen LogP contribution in [0.1, 0.15) is 128 Å². The van der Waals surface area contributed by atoms with Gasteiger partial charge in [-0.1, -0.05) is 43.9 Å². The first-order valence-corrected chi connectivity index (χ1v) is 16.6. The minimum Gasteiger partial charge on any atom is -0.309 e. The van der Waals surface area contributed by atoms with Gasteiger partial charge in [0.05, 0.1) is 16.6 Å². The van der Waals surface area contributed by atoms with Crippen molar-refractivity contribution in [3.8, 4) is 0 Å². The Hall–Kier alpha value is -5.24. The van der Waals surface area contributed by atoms with Crippen molar-refractivity contribution < 1.29 is 19.2 Å². The summed E-state index contributed by atoms with van der Waals surface area (Å²) in [5, 5.41) is 1.05. The Bertz CT molecular complexity index is 2220. The number of hydrogen-bond donors (Lipinski definition) is 1. The predicted octanol–water partition coefficient (Wildman–Crippen LogP) is 7.35. The van der Waals surface area contributed by atoms with Crippen molar-refractivity contribution in [1.82, 2.24) is 9.97 Å². The maximum atomic E-state index is 14.1. The summed E-state index contributed by atoms with van der Waals surface area (Å²) < 4.78 is 0. The second kappa shape index (κ2) is 10.4. The lowest BCUT2D eigenvalue weighted by Gasteiger charge is -2.30. The summed E-state index contributed by atoms with van der Waals surface area (Å²) in [5.74, 6) is -2.56. The number of fused-ring (bicyclic) bond motifs is 1. The molecular formula is C39H31N3O5. The normalized spacial score (nSPS) is 18.8. The average Bonchev–Trinajstić information content (AvgIpc) is 3.82. The molecule has 9 rings (SSSR count). The van der Waals surface area contributed by atoms with E-state index in [0.29, 0.717) is 39.2 Å². The van der Waals surface area contributed by atoms with E-state index in [9.17, 15) is 24.0 Å². The van der Waals surface area contributed by atoms with Gasteiger partial charge in [-0.05, 0) is 97.2 Å². The van der Waals surface area contributed by atoms with Crippen LogP contribution >= 0.6 is 0 Å². The first kappa shape index (κ1) is 28.0. The van der Waals surface area contributed by atoms with Gasteiger partial charge < -0.3 is 4.98 Å². The van der Waals surface area contributed by atoms with Gasteiger partial charge in [0.1, 0.15) is 11.7 Å². The van der Waals surface area contributed by atoms with Crippen molar-refractivity contribution >= 4 is 50.7 Å². The molecule has 47 heavy (non-hydrogen) atoms. The minimum atomic E-state index is -1.35. The van der Waals surface area contributed by atoms with Gasteiger partial charge in [0.2, 0.25) is 0 Å². The third-order valence-electron chi connectivity index (χ3n) is 10.9. The monoisotopic (exact) mass is 621 g/mol. The Balaban J connectivity index is 1.11. The van der Waals surface area contributed by atoms with E-state index in [2.05, 4.69) is 16.0 Å². The van der Waals surface area contributed by atoms with E-state index in [4.69, 9.17) is 0 Å². The molecule has 2 heterocycles. The minimum absolute atomic E-state index is 0.00867. The molecule has 4 aliphatic rings. The Morgan fingerprint density at radius 3 is 1.79 bits per heavy atom. The zero-order valence-electron chi connectivity index (χ0n) is 25.7. The van der Waals surface area contributed by atoms with Crippen molar-refractivity contribution in [2.75, 3.05) is 4.90 Å². The Kier molecular flexibility index (Phi) is 6.19. The molecule has 2 fully saturated rings. The maximum absolute atomic E-state index is 14.1. The molecule has 2 saturated carbocycles. The molecule has 1 N–H and O–H groups in total. The van der Waals surface area contributed by atoms with Crippen molar-refractivity contribution in [3.05, 3.63) is 116 Å². The second-order valence-corrected chi connectivity index (χ2v) is 13.5. The summed E-state index contributed by atoms with van der Waals surface area (Å²) in [6.45, 7) is 0. The van der Waals surface area contributed by atoms with E-state index >= 15 is 0 Å². The standard InChI is InChI=1S/C39H31N3O5/c43-34-25-13-15-27-32-28(39(47)42(38(27)46)24-11-5-10-22(18-24)20-6-1-2-7-20)16-14-26(31(25)32)35(44)33(34)36-40-30-17-12-23(21-8-3-4-9-21)19-29(30)37(45)41-36/h5,10-21,33H,1-4,6-9H2,(H,40,41,45). The molecule has 0 spiro atoms. The summed E-state index contributed by atoms with van der Waals surface area (Å²) in [6, 6.07) is 19.6. The third kappa shape index (κ3) is 4.13. The number of ketones is 2. The van der Waals surface area contributed by atoms with Crippen LogP contribution in [0.4, 0.5) is 5.69 Å². The predicted molar refractivity (Wildman–Crippen MR) is 178 cm³/mol. The smallest absolute Gasteiger partial charge is 0.265 e. The Morgan fingerprint density at radius 2 is 1.17 bits per heavy atom. The van der Waals surface area contributed by atoms with Crippen molar-refractivity contribution in [1.29, 1.82) is 0 Å². The summed E-state index contributed by atoms with van der Waals surface area (Å²) >= 11 is 0. The number of hydrogen-bond acceptors (Lipinski definition) is 6. The molecule has 3 aliphatic carbocycles. The second-order valence-electron chi connectivity index (χ2n) is 13.5. The number of nitrogens with one attached hydrogen (secondary N) is 1. The number of benzene rings is 4. The highest BCUT2D eigenvalue weighted by Gasteiger charge is 2.43. The Labute approximate surface area is 269 Å². The van der Waals surface area contributed by atoms with Crippen LogP contribution in [-0.2, 0) is 0 Å². The molecule has 8 nitrogen and oxygen atoms in total. The highest BCUT2D eigenvalue weighted by molar-refractivity contribution is 6.40. The van der Waals surface area contributed by atoms with Crippen LogP contribution in [0.5, 0.6) is 0 Å². The molecular weight excluding hydrogens is 590 g/mol. The van der Waals surface area contributed by atoms with Gasteiger partial charge in [0.15, 0.2) is 11.6 Å². The lowest BCUT2D eigenvalue weighted by atomic mass is 9.76. The van der Waals surface area contributed by atoms with Gasteiger partial charge >= 0.3 is 0 Å². The quantitative estimate of drug-likeness (QED) is 0.166. The third-order valence-corrected chi connectivity index (χ3v) is 10.9. The van der Waals surface area contributed by atoms with E-state index in [0.717, 1.165) is 36.8 Å². The first-order chi connectivity index (χ1) is 22.9. The van der Waals surface area contributed by atoms with Gasteiger partial charge in [-0.15, -0.1) is 0 Å². The average molecular weight is 622 g/mol. The number of carbonyl (C=O) groups is 4. The number of H-pyrrole nitrogens is 1. The summed E-state index contributed by atoms with van der Waals surface area (Å²) in [5.41, 5.74) is 3.75. The Morgan fingerprint density at radius 1 is 0.617 bits per heavy atom. The van der Waals surface area contributed by atoms with Crippen LogP contribution in [0.2, 0.25) is 0 Å². The van der Waals surface area contributed by atoms with Crippen LogP contribution in [0.15, 0.2) is 71.5 Å². The van der Waals surface area contributed by atoms with Crippen LogP contribution in [0.25, 0.3) is 21.7 Å². The first-order valence-electron chi connectivity index (χ1n) is 16.6. The molecule has 0 saturated heterocycles. The number of Topliss-reactive ketones (excluding diaryl/α,β-unsaturated/α-hetero) is 2. The number of amides is 2. The molecule has 0 unspecified atom stereocenters. The topological polar surface area (TPSA) is 117 Å². The van der Waals surface area contributed by atoms with Crippen molar-refractivity contribution in [2.24, 2.45) is 0 Å². The van der Waals surface area contributed by atoms with E-state index in [1.165, 1.54) is 30.6 Å². The van der Waals surface area contributed by atoms with Gasteiger partial charge in [-0.25, -0.2) is 9.88 Å². The molecule has 8 heteroatoms. The molecule has 232 valence electrons. The summed E-state index contributed by atoms with van der Waals surface area (Å²) in [7, 11) is 0. The molecule has 0 atom stereocenters. The molecule has 1 aliphatic heterocycles.